The van der Waals surface area contributed by atoms with Crippen LogP contribution < -0.4 is 0 Å². The molecule has 0 atom stereocenters. The molecule has 0 spiro atoms. The van der Waals surface area contributed by atoms with E-state index >= 15 is 0 Å². The van der Waals surface area contributed by atoms with Crippen LogP contribution in [0, 0.1) is 12.1 Å². The molecule has 0 amide bonds. The van der Waals surface area contributed by atoms with E-state index < -0.39 is 0 Å². The van der Waals surface area contributed by atoms with Gasteiger partial charge < -0.3 is 0 Å². The van der Waals surface area contributed by atoms with E-state index in [1.54, 1.807) is 23.3 Å². The Morgan fingerprint density at radius 1 is 0.696 bits per heavy atom. The molecule has 117 valence electrons. The van der Waals surface area contributed by atoms with Crippen LogP contribution in [0.1, 0.15) is 0 Å². The fourth-order valence-electron chi connectivity index (χ4n) is 1.79. The van der Waals surface area contributed by atoms with Gasteiger partial charge in [0.2, 0.25) is 0 Å². The molecule has 2 aromatic carbocycles. The summed E-state index contributed by atoms with van der Waals surface area (Å²) >= 11 is 0. The number of aromatic nitrogens is 5. The molecule has 4 aromatic rings. The van der Waals surface area contributed by atoms with Gasteiger partial charge in [0.15, 0.2) is 0 Å². The van der Waals surface area contributed by atoms with Crippen LogP contribution in [0.5, 0.6) is 0 Å². The van der Waals surface area contributed by atoms with Gasteiger partial charge in [-0.15, -0.1) is 12.1 Å². The van der Waals surface area contributed by atoms with Gasteiger partial charge in [0, 0.05) is 32.5 Å². The van der Waals surface area contributed by atoms with Crippen LogP contribution in [0.4, 0.5) is 0 Å². The SMILES string of the molecule is [Ir].[c-]1ccccc1-n1cccn1.[c-]1ccccc1-n1nccn1. The second-order valence-corrected chi connectivity index (χ2v) is 4.26. The number of para-hydroxylation sites is 2. The number of nitrogens with zero attached hydrogens (tertiary/aromatic N) is 5. The Balaban J connectivity index is 0.000000160. The van der Waals surface area contributed by atoms with Gasteiger partial charge in [-0.05, 0) is 17.4 Å². The monoisotopic (exact) mass is 480 g/mol. The molecule has 4 rings (SSSR count). The maximum atomic E-state index is 4.07. The van der Waals surface area contributed by atoms with E-state index in [1.165, 1.54) is 4.80 Å². The molecule has 6 heteroatoms. The van der Waals surface area contributed by atoms with Crippen molar-refractivity contribution in [3.05, 3.63) is 91.5 Å². The second-order valence-electron chi connectivity index (χ2n) is 4.26. The molecule has 0 unspecified atom stereocenters. The first-order valence-electron chi connectivity index (χ1n) is 6.73. The van der Waals surface area contributed by atoms with E-state index in [1.807, 2.05) is 60.8 Å². The third-order valence-corrected chi connectivity index (χ3v) is 2.77. The Bertz CT molecular complexity index is 699. The standard InChI is InChI=1S/C9H7N2.C8H6N3.Ir/c1-2-5-9(6-3-1)11-8-4-7-10-11;1-2-4-8(5-3-1)11-9-6-7-10-11;/h1-5,7-8H;1-4,6-7H;/q2*-1;. The van der Waals surface area contributed by atoms with Crippen molar-refractivity contribution in [2.75, 3.05) is 0 Å². The van der Waals surface area contributed by atoms with E-state index in [9.17, 15) is 0 Å². The summed E-state index contributed by atoms with van der Waals surface area (Å²) in [6, 6.07) is 23.3. The third-order valence-electron chi connectivity index (χ3n) is 2.77. The van der Waals surface area contributed by atoms with Gasteiger partial charge in [-0.1, -0.05) is 0 Å². The number of hydrogen-bond acceptors (Lipinski definition) is 3. The molecule has 5 nitrogen and oxygen atoms in total. The zero-order valence-corrected chi connectivity index (χ0v) is 14.5. The van der Waals surface area contributed by atoms with Crippen LogP contribution in [-0.4, -0.2) is 24.8 Å². The predicted molar refractivity (Wildman–Crippen MR) is 82.6 cm³/mol. The van der Waals surface area contributed by atoms with Gasteiger partial charge in [-0.3, -0.25) is 4.68 Å². The Hall–Kier alpha value is -2.56. The summed E-state index contributed by atoms with van der Waals surface area (Å²) in [5.41, 5.74) is 1.83. The molecule has 0 fully saturated rings. The van der Waals surface area contributed by atoms with Crippen molar-refractivity contribution in [1.29, 1.82) is 0 Å². The molecule has 0 saturated heterocycles. The van der Waals surface area contributed by atoms with Gasteiger partial charge in [0.05, 0.1) is 12.4 Å². The van der Waals surface area contributed by atoms with Gasteiger partial charge in [0.25, 0.3) is 0 Å². The topological polar surface area (TPSA) is 48.5 Å². The normalized spacial score (nSPS) is 9.39. The molecule has 23 heavy (non-hydrogen) atoms. The van der Waals surface area contributed by atoms with Crippen LogP contribution in [0.25, 0.3) is 11.4 Å². The van der Waals surface area contributed by atoms with Gasteiger partial charge in [0.1, 0.15) is 0 Å². The van der Waals surface area contributed by atoms with Crippen molar-refractivity contribution in [3.63, 3.8) is 0 Å². The summed E-state index contributed by atoms with van der Waals surface area (Å²) in [4.78, 5) is 1.53. The predicted octanol–water partition coefficient (Wildman–Crippen LogP) is 2.74. The summed E-state index contributed by atoms with van der Waals surface area (Å²) in [6.07, 6.45) is 6.92. The fraction of sp³-hybridized carbons (Fsp3) is 0. The van der Waals surface area contributed by atoms with Crippen molar-refractivity contribution < 1.29 is 20.1 Å². The summed E-state index contributed by atoms with van der Waals surface area (Å²) in [5, 5.41) is 12.0. The minimum atomic E-state index is 0. The Kier molecular flexibility index (Phi) is 6.41. The maximum Gasteiger partial charge on any atom is 0.0696 e. The van der Waals surface area contributed by atoms with E-state index in [-0.39, 0.29) is 20.1 Å². The zero-order valence-electron chi connectivity index (χ0n) is 12.1. The molecule has 0 aliphatic carbocycles. The molecule has 0 bridgehead atoms. The molecule has 2 heterocycles. The van der Waals surface area contributed by atoms with Crippen molar-refractivity contribution in [2.45, 2.75) is 0 Å². The molecule has 0 aliphatic heterocycles. The smallest absolute Gasteiger partial charge is 0.0696 e. The molecule has 2 aromatic heterocycles. The van der Waals surface area contributed by atoms with Crippen molar-refractivity contribution in [1.82, 2.24) is 24.8 Å². The average Bonchev–Trinajstić information content (AvgIpc) is 3.31. The van der Waals surface area contributed by atoms with Crippen molar-refractivity contribution >= 4 is 0 Å². The Morgan fingerprint density at radius 3 is 1.87 bits per heavy atom. The van der Waals surface area contributed by atoms with E-state index in [2.05, 4.69) is 27.4 Å². The first-order valence-corrected chi connectivity index (χ1v) is 6.73. The van der Waals surface area contributed by atoms with E-state index in [0.29, 0.717) is 0 Å². The molecule has 1 radical (unpaired) electrons. The largest absolute Gasteiger partial charge is 0.266 e. The Morgan fingerprint density at radius 2 is 1.35 bits per heavy atom. The minimum Gasteiger partial charge on any atom is -0.266 e. The average molecular weight is 480 g/mol. The van der Waals surface area contributed by atoms with E-state index in [4.69, 9.17) is 0 Å². The molecule has 0 aliphatic rings. The number of benzene rings is 2. The molecule has 0 saturated carbocycles. The molecular formula is C17H13IrN5-2. The van der Waals surface area contributed by atoms with Crippen LogP contribution in [-0.2, 0) is 20.1 Å². The van der Waals surface area contributed by atoms with Gasteiger partial charge in [-0.2, -0.15) is 68.6 Å². The maximum absolute atomic E-state index is 4.07. The summed E-state index contributed by atoms with van der Waals surface area (Å²) < 4.78 is 1.78. The summed E-state index contributed by atoms with van der Waals surface area (Å²) in [6.45, 7) is 0. The first-order chi connectivity index (χ1) is 10.9. The zero-order chi connectivity index (χ0) is 15.0. The summed E-state index contributed by atoms with van der Waals surface area (Å²) in [5.74, 6) is 0. The Labute approximate surface area is 147 Å². The first kappa shape index (κ1) is 16.8. The molecular weight excluding hydrogens is 466 g/mol. The number of rotatable bonds is 2. The van der Waals surface area contributed by atoms with Crippen LogP contribution in [0.3, 0.4) is 0 Å². The van der Waals surface area contributed by atoms with Gasteiger partial charge >= 0.3 is 0 Å². The molecule has 0 N–H and O–H groups in total. The van der Waals surface area contributed by atoms with Crippen LogP contribution in [0.15, 0.2) is 79.4 Å². The fourth-order valence-corrected chi connectivity index (χ4v) is 1.79. The van der Waals surface area contributed by atoms with Gasteiger partial charge in [-0.25, -0.2) is 0 Å². The van der Waals surface area contributed by atoms with Crippen LogP contribution in [0.2, 0.25) is 0 Å². The van der Waals surface area contributed by atoms with E-state index in [0.717, 1.165) is 11.4 Å². The van der Waals surface area contributed by atoms with Crippen molar-refractivity contribution in [3.8, 4) is 11.4 Å². The minimum absolute atomic E-state index is 0. The second kappa shape index (κ2) is 8.78. The van der Waals surface area contributed by atoms with Crippen molar-refractivity contribution in [2.24, 2.45) is 0 Å². The van der Waals surface area contributed by atoms with Crippen LogP contribution >= 0.6 is 0 Å². The number of hydrogen-bond donors (Lipinski definition) is 0. The third kappa shape index (κ3) is 4.71. The summed E-state index contributed by atoms with van der Waals surface area (Å²) in [7, 11) is 0. The quantitative estimate of drug-likeness (QED) is 0.416.